The van der Waals surface area contributed by atoms with Gasteiger partial charge in [-0.2, -0.15) is 0 Å². The number of esters is 1. The van der Waals surface area contributed by atoms with Crippen LogP contribution in [0.5, 0.6) is 0 Å². The Kier molecular flexibility index (Phi) is 4.81. The van der Waals surface area contributed by atoms with E-state index in [9.17, 15) is 4.79 Å². The lowest BCUT2D eigenvalue weighted by molar-refractivity contribution is -0.142. The fraction of sp³-hybridized carbons (Fsp3) is 0.381. The molecule has 0 unspecified atom stereocenters. The van der Waals surface area contributed by atoms with Crippen LogP contribution in [-0.4, -0.2) is 54.6 Å². The van der Waals surface area contributed by atoms with Gasteiger partial charge in [0.1, 0.15) is 6.04 Å². The molecule has 4 heteroatoms. The largest absolute Gasteiger partial charge is 0.464 e. The molecule has 2 aliphatic rings. The number of benzene rings is 2. The summed E-state index contributed by atoms with van der Waals surface area (Å²) in [6.07, 6.45) is 0.833. The molecule has 25 heavy (non-hydrogen) atoms. The van der Waals surface area contributed by atoms with Crippen molar-refractivity contribution in [1.29, 1.82) is 0 Å². The molecule has 4 rings (SSSR count). The molecule has 0 aromatic heterocycles. The predicted molar refractivity (Wildman–Crippen MR) is 97.2 cm³/mol. The summed E-state index contributed by atoms with van der Waals surface area (Å²) in [5, 5.41) is 0. The quantitative estimate of drug-likeness (QED) is 0.804. The average molecular weight is 336 g/mol. The van der Waals surface area contributed by atoms with Gasteiger partial charge in [0, 0.05) is 32.6 Å². The summed E-state index contributed by atoms with van der Waals surface area (Å²) in [7, 11) is 0. The monoisotopic (exact) mass is 336 g/mol. The number of hydrogen-bond acceptors (Lipinski definition) is 4. The number of rotatable bonds is 4. The summed E-state index contributed by atoms with van der Waals surface area (Å²) in [5.74, 6) is -0.0453. The van der Waals surface area contributed by atoms with Crippen molar-refractivity contribution in [2.75, 3.05) is 32.8 Å². The van der Waals surface area contributed by atoms with E-state index in [1.807, 2.05) is 0 Å². The zero-order chi connectivity index (χ0) is 17.1. The van der Waals surface area contributed by atoms with Gasteiger partial charge in [-0.15, -0.1) is 0 Å². The molecule has 0 bridgehead atoms. The van der Waals surface area contributed by atoms with Crippen LogP contribution >= 0.6 is 0 Å². The standard InChI is InChI=1S/C21H24N2O2/c24-21-19(11-16-25-21)22-12-14-23(15-13-22)20(17-7-3-1-4-8-17)18-9-5-2-6-10-18/h1-10,19-20H,11-16H2/t19-/m1/s1. The Balaban J connectivity index is 1.52. The summed E-state index contributed by atoms with van der Waals surface area (Å²) >= 11 is 0. The molecule has 130 valence electrons. The molecule has 4 nitrogen and oxygen atoms in total. The lowest BCUT2D eigenvalue weighted by Crippen LogP contribution is -2.52. The van der Waals surface area contributed by atoms with Gasteiger partial charge in [-0.25, -0.2) is 0 Å². The number of hydrogen-bond donors (Lipinski definition) is 0. The number of ether oxygens (including phenoxy) is 1. The fourth-order valence-corrected chi connectivity index (χ4v) is 4.01. The van der Waals surface area contributed by atoms with Gasteiger partial charge >= 0.3 is 5.97 Å². The van der Waals surface area contributed by atoms with Crippen LogP contribution in [0.25, 0.3) is 0 Å². The van der Waals surface area contributed by atoms with Gasteiger partial charge in [-0.05, 0) is 11.1 Å². The van der Waals surface area contributed by atoms with E-state index in [4.69, 9.17) is 4.74 Å². The van der Waals surface area contributed by atoms with Gasteiger partial charge < -0.3 is 4.74 Å². The highest BCUT2D eigenvalue weighted by molar-refractivity contribution is 5.77. The first-order chi connectivity index (χ1) is 12.3. The van der Waals surface area contributed by atoms with Crippen molar-refractivity contribution in [2.24, 2.45) is 0 Å². The van der Waals surface area contributed by atoms with Gasteiger partial charge in [-0.3, -0.25) is 14.6 Å². The maximum Gasteiger partial charge on any atom is 0.323 e. The van der Waals surface area contributed by atoms with E-state index in [0.717, 1.165) is 32.6 Å². The molecule has 2 saturated heterocycles. The minimum Gasteiger partial charge on any atom is -0.464 e. The summed E-state index contributed by atoms with van der Waals surface area (Å²) in [6, 6.07) is 21.6. The number of carbonyl (C=O) groups is 1. The van der Waals surface area contributed by atoms with Crippen LogP contribution in [0, 0.1) is 0 Å². The normalized spacial score (nSPS) is 22.3. The molecule has 2 heterocycles. The van der Waals surface area contributed by atoms with E-state index in [1.54, 1.807) is 0 Å². The van der Waals surface area contributed by atoms with Crippen LogP contribution in [-0.2, 0) is 9.53 Å². The second-order valence-electron chi connectivity index (χ2n) is 6.77. The molecule has 1 atom stereocenters. The van der Waals surface area contributed by atoms with Crippen LogP contribution in [0.3, 0.4) is 0 Å². The van der Waals surface area contributed by atoms with E-state index >= 15 is 0 Å². The first kappa shape index (κ1) is 16.3. The van der Waals surface area contributed by atoms with E-state index in [2.05, 4.69) is 70.5 Å². The molecule has 2 aromatic carbocycles. The highest BCUT2D eigenvalue weighted by Gasteiger charge is 2.35. The first-order valence-corrected chi connectivity index (χ1v) is 9.07. The molecule has 0 amide bonds. The van der Waals surface area contributed by atoms with Crippen molar-refractivity contribution in [3.8, 4) is 0 Å². The third kappa shape index (κ3) is 3.46. The number of nitrogens with zero attached hydrogens (tertiary/aromatic N) is 2. The van der Waals surface area contributed by atoms with Crippen molar-refractivity contribution >= 4 is 5.97 Å². The van der Waals surface area contributed by atoms with Crippen molar-refractivity contribution in [3.63, 3.8) is 0 Å². The molecule has 0 spiro atoms. The number of carbonyl (C=O) groups excluding carboxylic acids is 1. The number of cyclic esters (lactones) is 1. The number of piperazine rings is 1. The van der Waals surface area contributed by atoms with Gasteiger partial charge in [0.2, 0.25) is 0 Å². The summed E-state index contributed by atoms with van der Waals surface area (Å²) < 4.78 is 5.14. The predicted octanol–water partition coefficient (Wildman–Crippen LogP) is 2.71. The lowest BCUT2D eigenvalue weighted by Gasteiger charge is -2.41. The topological polar surface area (TPSA) is 32.8 Å². The Morgan fingerprint density at radius 2 is 1.40 bits per heavy atom. The van der Waals surface area contributed by atoms with Crippen molar-refractivity contribution in [1.82, 2.24) is 9.80 Å². The minimum atomic E-state index is -0.0453. The van der Waals surface area contributed by atoms with E-state index in [1.165, 1.54) is 11.1 Å². The van der Waals surface area contributed by atoms with Gasteiger partial charge in [0.15, 0.2) is 0 Å². The summed E-state index contributed by atoms with van der Waals surface area (Å²) in [5.41, 5.74) is 2.64. The van der Waals surface area contributed by atoms with Crippen LogP contribution in [0.2, 0.25) is 0 Å². The first-order valence-electron chi connectivity index (χ1n) is 9.07. The summed E-state index contributed by atoms with van der Waals surface area (Å²) in [6.45, 7) is 4.31. The van der Waals surface area contributed by atoms with Crippen molar-refractivity contribution in [2.45, 2.75) is 18.5 Å². The molecule has 0 aliphatic carbocycles. The molecule has 2 fully saturated rings. The Labute approximate surface area is 149 Å². The third-order valence-electron chi connectivity index (χ3n) is 5.29. The minimum absolute atomic E-state index is 0.0333. The Morgan fingerprint density at radius 1 is 0.840 bits per heavy atom. The van der Waals surface area contributed by atoms with Gasteiger partial charge in [-0.1, -0.05) is 60.7 Å². The van der Waals surface area contributed by atoms with Crippen LogP contribution in [0.4, 0.5) is 0 Å². The molecule has 0 N–H and O–H groups in total. The van der Waals surface area contributed by atoms with Crippen LogP contribution in [0.15, 0.2) is 60.7 Å². The Morgan fingerprint density at radius 3 is 1.88 bits per heavy atom. The average Bonchev–Trinajstić information content (AvgIpc) is 3.10. The van der Waals surface area contributed by atoms with Crippen LogP contribution in [0.1, 0.15) is 23.6 Å². The Bertz CT molecular complexity index is 657. The van der Waals surface area contributed by atoms with Gasteiger partial charge in [0.25, 0.3) is 0 Å². The second kappa shape index (κ2) is 7.38. The van der Waals surface area contributed by atoms with E-state index < -0.39 is 0 Å². The SMILES string of the molecule is O=C1OCC[C@H]1N1CCN(C(c2ccccc2)c2ccccc2)CC1. The maximum absolute atomic E-state index is 11.9. The summed E-state index contributed by atoms with van der Waals surface area (Å²) in [4.78, 5) is 16.7. The molecule has 2 aromatic rings. The maximum atomic E-state index is 11.9. The zero-order valence-corrected chi connectivity index (χ0v) is 14.4. The smallest absolute Gasteiger partial charge is 0.323 e. The molecular formula is C21H24N2O2. The van der Waals surface area contributed by atoms with E-state index in [0.29, 0.717) is 6.61 Å². The van der Waals surface area contributed by atoms with Crippen molar-refractivity contribution < 1.29 is 9.53 Å². The Hall–Kier alpha value is -2.17. The third-order valence-corrected chi connectivity index (χ3v) is 5.29. The zero-order valence-electron chi connectivity index (χ0n) is 14.4. The molecular weight excluding hydrogens is 312 g/mol. The second-order valence-corrected chi connectivity index (χ2v) is 6.77. The molecule has 0 radical (unpaired) electrons. The fourth-order valence-electron chi connectivity index (χ4n) is 4.01. The highest BCUT2D eigenvalue weighted by atomic mass is 16.5. The highest BCUT2D eigenvalue weighted by Crippen LogP contribution is 2.30. The molecule has 0 saturated carbocycles. The van der Waals surface area contributed by atoms with Crippen molar-refractivity contribution in [3.05, 3.63) is 71.8 Å². The van der Waals surface area contributed by atoms with Crippen LogP contribution < -0.4 is 0 Å². The molecule has 2 aliphatic heterocycles. The van der Waals surface area contributed by atoms with E-state index in [-0.39, 0.29) is 18.1 Å². The van der Waals surface area contributed by atoms with Gasteiger partial charge in [0.05, 0.1) is 12.6 Å². The lowest BCUT2D eigenvalue weighted by atomic mass is 9.96.